The summed E-state index contributed by atoms with van der Waals surface area (Å²) >= 11 is 3.57. The van der Waals surface area contributed by atoms with E-state index in [-0.39, 0.29) is 0 Å². The molecule has 0 fully saturated rings. The van der Waals surface area contributed by atoms with Crippen LogP contribution in [0.25, 0.3) is 6.08 Å². The minimum atomic E-state index is 0.494. The number of halogens is 1. The summed E-state index contributed by atoms with van der Waals surface area (Å²) in [5.74, 6) is 1.64. The summed E-state index contributed by atoms with van der Waals surface area (Å²) in [5.41, 5.74) is 2.42. The second kappa shape index (κ2) is 7.14. The van der Waals surface area contributed by atoms with E-state index in [1.54, 1.807) is 0 Å². The monoisotopic (exact) mass is 339 g/mol. The molecule has 0 saturated carbocycles. The van der Waals surface area contributed by atoms with E-state index in [2.05, 4.69) is 54.2 Å². The summed E-state index contributed by atoms with van der Waals surface area (Å²) in [6, 6.07) is 4.62. The van der Waals surface area contributed by atoms with Gasteiger partial charge in [-0.3, -0.25) is 0 Å². The Bertz CT molecular complexity index is 497. The maximum absolute atomic E-state index is 5.75. The van der Waals surface area contributed by atoms with Crippen molar-refractivity contribution >= 4 is 22.0 Å². The highest BCUT2D eigenvalue weighted by atomic mass is 79.9. The number of fused-ring (bicyclic) bond motifs is 1. The maximum Gasteiger partial charge on any atom is 0.175 e. The molecular formula is C16H22BrNO2. The lowest BCUT2D eigenvalue weighted by molar-refractivity contribution is 0.296. The van der Waals surface area contributed by atoms with Gasteiger partial charge in [-0.15, -0.1) is 0 Å². The highest BCUT2D eigenvalue weighted by Gasteiger charge is 2.14. The topological polar surface area (TPSA) is 30.5 Å². The molecule has 1 aromatic carbocycles. The molecule has 1 heterocycles. The summed E-state index contributed by atoms with van der Waals surface area (Å²) in [5, 5.41) is 3.42. The van der Waals surface area contributed by atoms with Crippen molar-refractivity contribution in [1.82, 2.24) is 5.32 Å². The van der Waals surface area contributed by atoms with Crippen LogP contribution in [0.3, 0.4) is 0 Å². The molecule has 0 amide bonds. The summed E-state index contributed by atoms with van der Waals surface area (Å²) < 4.78 is 12.4. The van der Waals surface area contributed by atoms with Gasteiger partial charge in [-0.05, 0) is 40.5 Å². The van der Waals surface area contributed by atoms with Gasteiger partial charge < -0.3 is 14.8 Å². The van der Waals surface area contributed by atoms with Gasteiger partial charge in [0.25, 0.3) is 0 Å². The second-order valence-electron chi connectivity index (χ2n) is 5.41. The summed E-state index contributed by atoms with van der Waals surface area (Å²) in [4.78, 5) is 0. The molecular weight excluding hydrogens is 318 g/mol. The van der Waals surface area contributed by atoms with E-state index in [1.807, 2.05) is 6.07 Å². The third-order valence-corrected chi connectivity index (χ3v) is 3.62. The first kappa shape index (κ1) is 15.4. The van der Waals surface area contributed by atoms with E-state index in [4.69, 9.17) is 9.47 Å². The van der Waals surface area contributed by atoms with Crippen LogP contribution < -0.4 is 14.8 Å². The molecule has 0 bridgehead atoms. The van der Waals surface area contributed by atoms with Gasteiger partial charge in [0.05, 0.1) is 17.7 Å². The first-order valence-electron chi connectivity index (χ1n) is 7.06. The molecule has 0 unspecified atom stereocenters. The molecule has 1 aliphatic heterocycles. The number of hydrogen-bond acceptors (Lipinski definition) is 3. The van der Waals surface area contributed by atoms with Crippen molar-refractivity contribution in [3.8, 4) is 11.5 Å². The van der Waals surface area contributed by atoms with Crippen molar-refractivity contribution in [3.63, 3.8) is 0 Å². The van der Waals surface area contributed by atoms with Crippen LogP contribution in [0, 0.1) is 0 Å². The lowest BCUT2D eigenvalue weighted by Crippen LogP contribution is -2.24. The minimum absolute atomic E-state index is 0.494. The van der Waals surface area contributed by atoms with Crippen LogP contribution in [0.2, 0.25) is 0 Å². The molecule has 0 radical (unpaired) electrons. The van der Waals surface area contributed by atoms with Crippen LogP contribution in [-0.4, -0.2) is 25.8 Å². The largest absolute Gasteiger partial charge is 0.489 e. The predicted molar refractivity (Wildman–Crippen MR) is 86.5 cm³/mol. The highest BCUT2D eigenvalue weighted by molar-refractivity contribution is 9.10. The Hall–Kier alpha value is -1.00. The first-order chi connectivity index (χ1) is 9.56. The smallest absolute Gasteiger partial charge is 0.175 e. The van der Waals surface area contributed by atoms with Crippen molar-refractivity contribution in [2.75, 3.05) is 19.8 Å². The Morgan fingerprint density at radius 2 is 2.10 bits per heavy atom. The van der Waals surface area contributed by atoms with E-state index < -0.39 is 0 Å². The molecule has 0 aliphatic carbocycles. The molecule has 0 saturated heterocycles. The normalized spacial score (nSPS) is 15.3. The standard InChI is InChI=1S/C16H22BrNO2/c1-11(2)18-10-12(3)7-13-8-14(17)16-15(9-13)19-5-4-6-20-16/h7-9,11,18H,4-6,10H2,1-3H3. The zero-order chi connectivity index (χ0) is 14.5. The number of rotatable bonds is 4. The van der Waals surface area contributed by atoms with Crippen LogP contribution in [-0.2, 0) is 0 Å². The quantitative estimate of drug-likeness (QED) is 0.898. The van der Waals surface area contributed by atoms with E-state index in [1.165, 1.54) is 5.57 Å². The molecule has 0 spiro atoms. The molecule has 4 heteroatoms. The third kappa shape index (κ3) is 4.25. The van der Waals surface area contributed by atoms with E-state index in [0.717, 1.165) is 34.5 Å². The van der Waals surface area contributed by atoms with Gasteiger partial charge >= 0.3 is 0 Å². The van der Waals surface area contributed by atoms with Gasteiger partial charge in [0, 0.05) is 19.0 Å². The Morgan fingerprint density at radius 1 is 1.35 bits per heavy atom. The zero-order valence-electron chi connectivity index (χ0n) is 12.3. The van der Waals surface area contributed by atoms with Crippen LogP contribution in [0.5, 0.6) is 11.5 Å². The predicted octanol–water partition coefficient (Wildman–Crippen LogP) is 4.01. The lowest BCUT2D eigenvalue weighted by Gasteiger charge is -2.11. The molecule has 1 aliphatic rings. The third-order valence-electron chi connectivity index (χ3n) is 3.03. The summed E-state index contributed by atoms with van der Waals surface area (Å²) in [6.07, 6.45) is 3.10. The fourth-order valence-corrected chi connectivity index (χ4v) is 2.61. The number of ether oxygens (including phenoxy) is 2. The fraction of sp³-hybridized carbons (Fsp3) is 0.500. The Balaban J connectivity index is 2.18. The van der Waals surface area contributed by atoms with Crippen LogP contribution in [0.15, 0.2) is 22.2 Å². The second-order valence-corrected chi connectivity index (χ2v) is 6.26. The average Bonchev–Trinajstić information content (AvgIpc) is 2.62. The lowest BCUT2D eigenvalue weighted by atomic mass is 10.1. The van der Waals surface area contributed by atoms with Crippen LogP contribution in [0.1, 0.15) is 32.8 Å². The molecule has 0 atom stereocenters. The maximum atomic E-state index is 5.75. The highest BCUT2D eigenvalue weighted by Crippen LogP contribution is 2.38. The van der Waals surface area contributed by atoms with Gasteiger partial charge in [0.2, 0.25) is 0 Å². The van der Waals surface area contributed by atoms with Crippen LogP contribution >= 0.6 is 15.9 Å². The van der Waals surface area contributed by atoms with Crippen molar-refractivity contribution in [2.24, 2.45) is 0 Å². The Morgan fingerprint density at radius 3 is 2.85 bits per heavy atom. The van der Waals surface area contributed by atoms with E-state index in [0.29, 0.717) is 19.3 Å². The number of nitrogens with one attached hydrogen (secondary N) is 1. The molecule has 2 rings (SSSR count). The minimum Gasteiger partial charge on any atom is -0.489 e. The van der Waals surface area contributed by atoms with Crippen molar-refractivity contribution in [1.29, 1.82) is 0 Å². The Labute approximate surface area is 129 Å². The molecule has 1 N–H and O–H groups in total. The fourth-order valence-electron chi connectivity index (χ4n) is 2.03. The number of hydrogen-bond donors (Lipinski definition) is 1. The van der Waals surface area contributed by atoms with Crippen molar-refractivity contribution < 1.29 is 9.47 Å². The van der Waals surface area contributed by atoms with Gasteiger partial charge in [-0.1, -0.05) is 25.5 Å². The van der Waals surface area contributed by atoms with E-state index in [9.17, 15) is 0 Å². The van der Waals surface area contributed by atoms with Crippen molar-refractivity contribution in [3.05, 3.63) is 27.7 Å². The van der Waals surface area contributed by atoms with Gasteiger partial charge in [0.1, 0.15) is 0 Å². The first-order valence-corrected chi connectivity index (χ1v) is 7.85. The van der Waals surface area contributed by atoms with E-state index >= 15 is 0 Å². The summed E-state index contributed by atoms with van der Waals surface area (Å²) in [6.45, 7) is 8.74. The van der Waals surface area contributed by atoms with Gasteiger partial charge in [-0.2, -0.15) is 0 Å². The van der Waals surface area contributed by atoms with Crippen molar-refractivity contribution in [2.45, 2.75) is 33.2 Å². The average molecular weight is 340 g/mol. The Kier molecular flexibility index (Phi) is 5.49. The molecule has 3 nitrogen and oxygen atoms in total. The molecule has 110 valence electrons. The number of benzene rings is 1. The van der Waals surface area contributed by atoms with Gasteiger partial charge in [-0.25, -0.2) is 0 Å². The zero-order valence-corrected chi connectivity index (χ0v) is 13.9. The molecule has 1 aromatic rings. The van der Waals surface area contributed by atoms with Gasteiger partial charge in [0.15, 0.2) is 11.5 Å². The SMILES string of the molecule is CC(=Cc1cc(Br)c2c(c1)OCCCO2)CNC(C)C. The molecule has 20 heavy (non-hydrogen) atoms. The molecule has 0 aromatic heterocycles. The summed E-state index contributed by atoms with van der Waals surface area (Å²) in [7, 11) is 0. The van der Waals surface area contributed by atoms with Crippen LogP contribution in [0.4, 0.5) is 0 Å².